The van der Waals surface area contributed by atoms with Gasteiger partial charge >= 0.3 is 0 Å². The Balaban J connectivity index is 0. The Kier molecular flexibility index (Phi) is 4.94. The van der Waals surface area contributed by atoms with Crippen LogP contribution in [0.3, 0.4) is 0 Å². The maximum Gasteiger partial charge on any atom is 0.217 e. The standard InChI is InChI=1S/C2H6O4S.CH3/c1-2-6-7(3,4)5;/h2H2,1H3,(H,3,4,5);1H3/q;+1/p-1. The van der Waals surface area contributed by atoms with E-state index in [1.807, 2.05) is 0 Å². The van der Waals surface area contributed by atoms with Crippen LogP contribution in [0, 0.1) is 7.43 Å². The topological polar surface area (TPSA) is 66.4 Å². The van der Waals surface area contributed by atoms with E-state index in [0.717, 1.165) is 0 Å². The lowest BCUT2D eigenvalue weighted by atomic mass is 10.9. The molecule has 0 amide bonds. The maximum absolute atomic E-state index is 9.45. The van der Waals surface area contributed by atoms with Gasteiger partial charge in [-0.3, -0.25) is 4.18 Å². The van der Waals surface area contributed by atoms with E-state index in [2.05, 4.69) is 4.18 Å². The van der Waals surface area contributed by atoms with Gasteiger partial charge < -0.3 is 4.55 Å². The largest absolute Gasteiger partial charge is 0.726 e. The zero-order valence-electron chi connectivity index (χ0n) is 4.75. The normalized spacial score (nSPS) is 10.2. The molecule has 0 saturated heterocycles. The molecule has 0 spiro atoms. The lowest BCUT2D eigenvalue weighted by Gasteiger charge is -2.02. The van der Waals surface area contributed by atoms with Crippen LogP contribution < -0.4 is 0 Å². The van der Waals surface area contributed by atoms with E-state index >= 15 is 0 Å². The maximum atomic E-state index is 9.45. The van der Waals surface area contributed by atoms with Crippen molar-refractivity contribution >= 4 is 10.4 Å². The van der Waals surface area contributed by atoms with Gasteiger partial charge in [-0.1, -0.05) is 0 Å². The SMILES string of the molecule is CCOS(=O)(=O)[O-].[CH3+]. The molecule has 0 aromatic carbocycles. The zero-order valence-corrected chi connectivity index (χ0v) is 5.56. The minimum Gasteiger partial charge on any atom is -0.726 e. The Morgan fingerprint density at radius 1 is 1.62 bits per heavy atom. The van der Waals surface area contributed by atoms with Gasteiger partial charge in [0.05, 0.1) is 6.61 Å². The van der Waals surface area contributed by atoms with Crippen LogP contribution in [-0.4, -0.2) is 19.6 Å². The first kappa shape index (κ1) is 10.7. The van der Waals surface area contributed by atoms with Crippen LogP contribution in [0.15, 0.2) is 0 Å². The van der Waals surface area contributed by atoms with Gasteiger partial charge in [0.1, 0.15) is 0 Å². The molecule has 0 radical (unpaired) electrons. The molecule has 50 valence electrons. The third-order valence-corrected chi connectivity index (χ3v) is 0.787. The molecule has 0 bridgehead atoms. The molecule has 0 rings (SSSR count). The van der Waals surface area contributed by atoms with Crippen molar-refractivity contribution in [1.82, 2.24) is 0 Å². The molecule has 0 aliphatic carbocycles. The summed E-state index contributed by atoms with van der Waals surface area (Å²) in [4.78, 5) is 0. The Morgan fingerprint density at radius 3 is 2.00 bits per heavy atom. The summed E-state index contributed by atoms with van der Waals surface area (Å²) in [5.41, 5.74) is 0. The summed E-state index contributed by atoms with van der Waals surface area (Å²) in [6.07, 6.45) is 0. The molecular weight excluding hydrogens is 132 g/mol. The highest BCUT2D eigenvalue weighted by Crippen LogP contribution is 1.80. The summed E-state index contributed by atoms with van der Waals surface area (Å²) in [5.74, 6) is 0. The molecule has 0 heterocycles. The number of rotatable bonds is 2. The lowest BCUT2D eigenvalue weighted by molar-refractivity contribution is 0.275. The Bertz CT molecular complexity index is 124. The molecule has 0 fully saturated rings. The van der Waals surface area contributed by atoms with E-state index in [0.29, 0.717) is 0 Å². The van der Waals surface area contributed by atoms with Gasteiger partial charge in [-0.2, -0.15) is 0 Å². The van der Waals surface area contributed by atoms with Crippen molar-refractivity contribution in [3.8, 4) is 0 Å². The minimum atomic E-state index is -4.42. The average Bonchev–Trinajstić information content (AvgIpc) is 1.30. The first-order valence-corrected chi connectivity index (χ1v) is 3.00. The van der Waals surface area contributed by atoms with Crippen LogP contribution in [0.2, 0.25) is 0 Å². The highest BCUT2D eigenvalue weighted by Gasteiger charge is 1.85. The van der Waals surface area contributed by atoms with Crippen molar-refractivity contribution in [2.45, 2.75) is 6.92 Å². The molecule has 0 aromatic rings. The van der Waals surface area contributed by atoms with E-state index < -0.39 is 10.4 Å². The summed E-state index contributed by atoms with van der Waals surface area (Å²) in [7, 11) is -4.42. The van der Waals surface area contributed by atoms with Crippen molar-refractivity contribution in [1.29, 1.82) is 0 Å². The zero-order chi connectivity index (χ0) is 5.91. The first-order chi connectivity index (χ1) is 3.06. The molecule has 8 heavy (non-hydrogen) atoms. The summed E-state index contributed by atoms with van der Waals surface area (Å²) < 4.78 is 32.0. The molecule has 5 heteroatoms. The Labute approximate surface area is 49.4 Å². The molecular formula is C3H8O4S. The van der Waals surface area contributed by atoms with Gasteiger partial charge in [0, 0.05) is 7.43 Å². The number of hydrogen-bond acceptors (Lipinski definition) is 4. The van der Waals surface area contributed by atoms with E-state index in [1.165, 1.54) is 6.92 Å². The summed E-state index contributed by atoms with van der Waals surface area (Å²) in [5, 5.41) is 0. The van der Waals surface area contributed by atoms with Gasteiger partial charge in [-0.15, -0.1) is 0 Å². The number of hydrogen-bond donors (Lipinski definition) is 0. The monoisotopic (exact) mass is 140 g/mol. The predicted molar refractivity (Wildman–Crippen MR) is 27.7 cm³/mol. The average molecular weight is 140 g/mol. The van der Waals surface area contributed by atoms with Crippen LogP contribution in [0.1, 0.15) is 6.92 Å². The minimum absolute atomic E-state index is 0. The second kappa shape index (κ2) is 3.71. The molecule has 4 nitrogen and oxygen atoms in total. The lowest BCUT2D eigenvalue weighted by Crippen LogP contribution is -2.02. The molecule has 0 atom stereocenters. The van der Waals surface area contributed by atoms with Gasteiger partial charge in [0.15, 0.2) is 0 Å². The van der Waals surface area contributed by atoms with Crippen LogP contribution in [-0.2, 0) is 14.6 Å². The van der Waals surface area contributed by atoms with Gasteiger partial charge in [0.25, 0.3) is 0 Å². The van der Waals surface area contributed by atoms with E-state index in [9.17, 15) is 13.0 Å². The van der Waals surface area contributed by atoms with Crippen molar-refractivity contribution in [2.75, 3.05) is 6.61 Å². The Morgan fingerprint density at radius 2 is 2.00 bits per heavy atom. The fourth-order valence-electron chi connectivity index (χ4n) is 0.144. The van der Waals surface area contributed by atoms with Gasteiger partial charge in [0.2, 0.25) is 10.4 Å². The van der Waals surface area contributed by atoms with Crippen molar-refractivity contribution in [3.63, 3.8) is 0 Å². The quantitative estimate of drug-likeness (QED) is 0.306. The molecule has 0 aromatic heterocycles. The van der Waals surface area contributed by atoms with Gasteiger partial charge in [-0.25, -0.2) is 8.42 Å². The van der Waals surface area contributed by atoms with Crippen LogP contribution in [0.4, 0.5) is 0 Å². The highest BCUT2D eigenvalue weighted by molar-refractivity contribution is 7.80. The van der Waals surface area contributed by atoms with Crippen molar-refractivity contribution < 1.29 is 17.2 Å². The molecule has 0 aliphatic heterocycles. The third kappa shape index (κ3) is 9.22. The third-order valence-electron chi connectivity index (χ3n) is 0.262. The van der Waals surface area contributed by atoms with Gasteiger partial charge in [-0.05, 0) is 6.92 Å². The summed E-state index contributed by atoms with van der Waals surface area (Å²) >= 11 is 0. The fraction of sp³-hybridized carbons (Fsp3) is 0.667. The van der Waals surface area contributed by atoms with E-state index in [1.54, 1.807) is 0 Å². The molecule has 0 N–H and O–H groups in total. The predicted octanol–water partition coefficient (Wildman–Crippen LogP) is -0.0666. The molecule has 0 saturated carbocycles. The first-order valence-electron chi connectivity index (χ1n) is 1.66. The fourth-order valence-corrected chi connectivity index (χ4v) is 0.433. The van der Waals surface area contributed by atoms with Crippen molar-refractivity contribution in [2.24, 2.45) is 0 Å². The van der Waals surface area contributed by atoms with E-state index in [4.69, 9.17) is 0 Å². The second-order valence-corrected chi connectivity index (χ2v) is 1.87. The van der Waals surface area contributed by atoms with E-state index in [-0.39, 0.29) is 14.0 Å². The smallest absolute Gasteiger partial charge is 0.217 e. The second-order valence-electron chi connectivity index (χ2n) is 0.815. The van der Waals surface area contributed by atoms with Crippen LogP contribution in [0.5, 0.6) is 0 Å². The molecule has 0 aliphatic rings. The summed E-state index contributed by atoms with van der Waals surface area (Å²) in [6.45, 7) is 1.33. The summed E-state index contributed by atoms with van der Waals surface area (Å²) in [6, 6.07) is 0. The van der Waals surface area contributed by atoms with Crippen LogP contribution in [0.25, 0.3) is 0 Å². The van der Waals surface area contributed by atoms with Crippen molar-refractivity contribution in [3.05, 3.63) is 7.43 Å². The van der Waals surface area contributed by atoms with Crippen LogP contribution >= 0.6 is 0 Å². The highest BCUT2D eigenvalue weighted by atomic mass is 32.3. The molecule has 0 unspecified atom stereocenters. The Hall–Kier alpha value is -0.260.